The smallest absolute Gasteiger partial charge is 0.161 e. The normalized spacial score (nSPS) is 20.0. The molecule has 3 heterocycles. The first kappa shape index (κ1) is 24.9. The van der Waals surface area contributed by atoms with Gasteiger partial charge in [0.2, 0.25) is 0 Å². The predicted octanol–water partition coefficient (Wildman–Crippen LogP) is 2.61. The summed E-state index contributed by atoms with van der Waals surface area (Å²) >= 11 is 0. The van der Waals surface area contributed by atoms with Crippen LogP contribution in [0.25, 0.3) is 11.4 Å². The number of piperidine rings is 1. The summed E-state index contributed by atoms with van der Waals surface area (Å²) in [6.45, 7) is 6.34. The van der Waals surface area contributed by atoms with E-state index in [9.17, 15) is 5.11 Å². The molecule has 2 atom stereocenters. The molecule has 2 aliphatic rings. The van der Waals surface area contributed by atoms with E-state index in [4.69, 9.17) is 24.2 Å². The summed E-state index contributed by atoms with van der Waals surface area (Å²) in [6.07, 6.45) is 3.73. The zero-order valence-electron chi connectivity index (χ0n) is 20.6. The first-order chi connectivity index (χ1) is 16.6. The van der Waals surface area contributed by atoms with E-state index in [-0.39, 0.29) is 6.61 Å². The van der Waals surface area contributed by atoms with Crippen molar-refractivity contribution in [2.45, 2.75) is 44.8 Å². The fourth-order valence-corrected chi connectivity index (χ4v) is 4.72. The number of aliphatic hydroxyl groups is 1. The van der Waals surface area contributed by atoms with Crippen molar-refractivity contribution in [1.82, 2.24) is 15.3 Å². The molecule has 1 unspecified atom stereocenters. The maximum absolute atomic E-state index is 9.98. The highest BCUT2D eigenvalue weighted by atomic mass is 16.5. The number of ether oxygens (including phenoxy) is 3. The average molecular weight is 471 g/mol. The Morgan fingerprint density at radius 2 is 2.06 bits per heavy atom. The average Bonchev–Trinajstić information content (AvgIpc) is 3.38. The van der Waals surface area contributed by atoms with E-state index in [1.165, 1.54) is 0 Å². The molecule has 2 saturated heterocycles. The Balaban J connectivity index is 1.61. The second-order valence-electron chi connectivity index (χ2n) is 9.35. The van der Waals surface area contributed by atoms with Gasteiger partial charge in [-0.3, -0.25) is 0 Å². The van der Waals surface area contributed by atoms with E-state index in [0.29, 0.717) is 30.1 Å². The molecule has 0 saturated carbocycles. The minimum atomic E-state index is -0.564. The first-order valence-corrected chi connectivity index (χ1v) is 12.4. The van der Waals surface area contributed by atoms with Crippen molar-refractivity contribution < 1.29 is 19.3 Å². The summed E-state index contributed by atoms with van der Waals surface area (Å²) in [5.41, 5.74) is 3.17. The van der Waals surface area contributed by atoms with Crippen LogP contribution in [0.2, 0.25) is 0 Å². The maximum Gasteiger partial charge on any atom is 0.161 e. The van der Waals surface area contributed by atoms with Crippen LogP contribution in [0.4, 0.5) is 5.82 Å². The molecule has 186 valence electrons. The Kier molecular flexibility index (Phi) is 8.72. The largest absolute Gasteiger partial charge is 0.491 e. The Morgan fingerprint density at radius 3 is 2.76 bits per heavy atom. The van der Waals surface area contributed by atoms with Gasteiger partial charge in [0.15, 0.2) is 5.82 Å². The molecule has 0 spiro atoms. The van der Waals surface area contributed by atoms with Crippen molar-refractivity contribution in [3.05, 3.63) is 35.5 Å². The topological polar surface area (TPSA) is 89.0 Å². The number of benzene rings is 1. The Bertz CT molecular complexity index is 927. The van der Waals surface area contributed by atoms with Crippen LogP contribution in [0.15, 0.2) is 24.3 Å². The van der Waals surface area contributed by atoms with Crippen molar-refractivity contribution >= 4 is 5.82 Å². The molecule has 2 aromatic rings. The summed E-state index contributed by atoms with van der Waals surface area (Å²) in [6, 6.07) is 7.83. The molecular formula is C26H38N4O4. The van der Waals surface area contributed by atoms with E-state index in [1.807, 2.05) is 31.3 Å². The molecule has 4 rings (SSSR count). The van der Waals surface area contributed by atoms with Gasteiger partial charge in [0.05, 0.1) is 6.10 Å². The van der Waals surface area contributed by atoms with Gasteiger partial charge in [-0.2, -0.15) is 0 Å². The predicted molar refractivity (Wildman–Crippen MR) is 133 cm³/mol. The molecule has 8 nitrogen and oxygen atoms in total. The number of aliphatic hydroxyl groups excluding tert-OH is 1. The zero-order chi connectivity index (χ0) is 23.9. The van der Waals surface area contributed by atoms with Gasteiger partial charge < -0.3 is 29.5 Å². The van der Waals surface area contributed by atoms with Crippen LogP contribution in [-0.2, 0) is 15.9 Å². The molecule has 2 N–H and O–H groups in total. The molecule has 1 aromatic heterocycles. The first-order valence-electron chi connectivity index (χ1n) is 12.4. The third kappa shape index (κ3) is 6.24. The van der Waals surface area contributed by atoms with Gasteiger partial charge in [0.25, 0.3) is 0 Å². The number of hydrogen-bond donors (Lipinski definition) is 2. The van der Waals surface area contributed by atoms with Gasteiger partial charge in [-0.05, 0) is 57.7 Å². The van der Waals surface area contributed by atoms with Crippen molar-refractivity contribution in [3.8, 4) is 17.1 Å². The summed E-state index contributed by atoms with van der Waals surface area (Å²) < 4.78 is 17.0. The van der Waals surface area contributed by atoms with Gasteiger partial charge in [0, 0.05) is 56.8 Å². The molecule has 0 bridgehead atoms. The lowest BCUT2D eigenvalue weighted by atomic mass is 9.99. The Hall–Kier alpha value is -2.26. The van der Waals surface area contributed by atoms with E-state index in [2.05, 4.69) is 17.1 Å². The monoisotopic (exact) mass is 470 g/mol. The van der Waals surface area contributed by atoms with Crippen molar-refractivity contribution in [2.24, 2.45) is 5.92 Å². The standard InChI is InChI=1S/C26H38N4O4/c1-18-24(13-19-9-12-33-16-19)28-25(29-26(18)30-10-7-22(32-3)8-11-30)20-5-4-6-23(14-20)34-17-21(31)15-27-2/h4-6,14,19,21-22,27,31H,7-13,15-17H2,1-3H3/t19-,21?/m0/s1. The summed E-state index contributed by atoms with van der Waals surface area (Å²) in [7, 11) is 3.60. The molecule has 0 radical (unpaired) electrons. The highest BCUT2D eigenvalue weighted by Gasteiger charge is 2.25. The van der Waals surface area contributed by atoms with Crippen LogP contribution in [0, 0.1) is 12.8 Å². The number of likely N-dealkylation sites (N-methyl/N-ethyl adjacent to an activating group) is 1. The third-order valence-electron chi connectivity index (χ3n) is 6.78. The van der Waals surface area contributed by atoms with Crippen molar-refractivity contribution in [1.29, 1.82) is 0 Å². The number of hydrogen-bond acceptors (Lipinski definition) is 8. The summed E-state index contributed by atoms with van der Waals surface area (Å²) in [4.78, 5) is 12.4. The highest BCUT2D eigenvalue weighted by molar-refractivity contribution is 5.62. The lowest BCUT2D eigenvalue weighted by molar-refractivity contribution is 0.0818. The molecule has 8 heteroatoms. The fourth-order valence-electron chi connectivity index (χ4n) is 4.72. The van der Waals surface area contributed by atoms with Crippen LogP contribution >= 0.6 is 0 Å². The second kappa shape index (κ2) is 11.9. The maximum atomic E-state index is 9.98. The zero-order valence-corrected chi connectivity index (χ0v) is 20.6. The SMILES string of the molecule is CNCC(O)COc1cccc(-c2nc(C[C@@H]3CCOC3)c(C)c(N3CCC(OC)CC3)n2)c1. The van der Waals surface area contributed by atoms with Crippen molar-refractivity contribution in [3.63, 3.8) is 0 Å². The van der Waals surface area contributed by atoms with E-state index < -0.39 is 6.10 Å². The quantitative estimate of drug-likeness (QED) is 0.548. The molecule has 2 fully saturated rings. The van der Waals surface area contributed by atoms with Gasteiger partial charge in [0.1, 0.15) is 24.3 Å². The van der Waals surface area contributed by atoms with Crippen LogP contribution in [-0.4, -0.2) is 80.9 Å². The molecule has 0 amide bonds. The number of rotatable bonds is 10. The highest BCUT2D eigenvalue weighted by Crippen LogP contribution is 2.31. The minimum absolute atomic E-state index is 0.228. The van der Waals surface area contributed by atoms with E-state index in [1.54, 1.807) is 7.11 Å². The Morgan fingerprint density at radius 1 is 1.24 bits per heavy atom. The minimum Gasteiger partial charge on any atom is -0.491 e. The number of nitrogens with zero attached hydrogens (tertiary/aromatic N) is 3. The van der Waals surface area contributed by atoms with Crippen LogP contribution in [0.5, 0.6) is 5.75 Å². The van der Waals surface area contributed by atoms with Gasteiger partial charge in [-0.15, -0.1) is 0 Å². The third-order valence-corrected chi connectivity index (χ3v) is 6.78. The number of anilines is 1. The van der Waals surface area contributed by atoms with E-state index in [0.717, 1.165) is 74.6 Å². The summed E-state index contributed by atoms with van der Waals surface area (Å²) in [5, 5.41) is 12.9. The number of nitrogens with one attached hydrogen (secondary N) is 1. The lowest BCUT2D eigenvalue weighted by Crippen LogP contribution is -2.37. The molecule has 34 heavy (non-hydrogen) atoms. The molecule has 0 aliphatic carbocycles. The van der Waals surface area contributed by atoms with Crippen LogP contribution in [0.1, 0.15) is 30.5 Å². The lowest BCUT2D eigenvalue weighted by Gasteiger charge is -2.33. The van der Waals surface area contributed by atoms with Gasteiger partial charge >= 0.3 is 0 Å². The van der Waals surface area contributed by atoms with Gasteiger partial charge in [-0.1, -0.05) is 12.1 Å². The van der Waals surface area contributed by atoms with Crippen LogP contribution in [0.3, 0.4) is 0 Å². The van der Waals surface area contributed by atoms with E-state index >= 15 is 0 Å². The Labute approximate surface area is 202 Å². The number of aromatic nitrogens is 2. The molecule has 2 aliphatic heterocycles. The van der Waals surface area contributed by atoms with Crippen molar-refractivity contribution in [2.75, 3.05) is 58.5 Å². The summed E-state index contributed by atoms with van der Waals surface area (Å²) in [5.74, 6) is 2.93. The van der Waals surface area contributed by atoms with Crippen LogP contribution < -0.4 is 15.0 Å². The second-order valence-corrected chi connectivity index (χ2v) is 9.35. The fraction of sp³-hybridized carbons (Fsp3) is 0.615. The van der Waals surface area contributed by atoms with Gasteiger partial charge in [-0.25, -0.2) is 9.97 Å². The molecule has 1 aromatic carbocycles. The number of methoxy groups -OCH3 is 1. The molecular weight excluding hydrogens is 432 g/mol.